The van der Waals surface area contributed by atoms with Crippen molar-refractivity contribution in [3.63, 3.8) is 0 Å². The molecule has 0 aromatic heterocycles. The van der Waals surface area contributed by atoms with Crippen molar-refractivity contribution in [3.05, 3.63) is 70.2 Å². The van der Waals surface area contributed by atoms with Gasteiger partial charge in [-0.15, -0.1) is 0 Å². The highest BCUT2D eigenvalue weighted by atomic mass is 35.5. The van der Waals surface area contributed by atoms with E-state index in [1.54, 1.807) is 18.2 Å². The second kappa shape index (κ2) is 6.08. The number of rotatable bonds is 2. The predicted molar refractivity (Wildman–Crippen MR) is 75.2 cm³/mol. The van der Waals surface area contributed by atoms with Gasteiger partial charge in [-0.1, -0.05) is 47.7 Å². The zero-order chi connectivity index (χ0) is 13.7. The first-order valence-corrected chi connectivity index (χ1v) is 6.10. The molecule has 0 aliphatic carbocycles. The molecule has 0 fully saturated rings. The number of carbonyl (C=O) groups is 1. The zero-order valence-electron chi connectivity index (χ0n) is 10.1. The first-order chi connectivity index (χ1) is 9.15. The first kappa shape index (κ1) is 13.2. The normalized spacial score (nSPS) is 9.53. The molecule has 0 amide bonds. The minimum absolute atomic E-state index is 0.0356. The van der Waals surface area contributed by atoms with Gasteiger partial charge in [-0.25, -0.2) is 0 Å². The summed E-state index contributed by atoms with van der Waals surface area (Å²) in [6.45, 7) is 0. The number of carboxylic acid groups (broad SMARTS) is 1. The molecule has 3 heteroatoms. The number of benzene rings is 2. The Morgan fingerprint density at radius 3 is 2.47 bits per heavy atom. The number of hydrogen-bond donors (Lipinski definition) is 1. The molecule has 0 saturated carbocycles. The Balaban J connectivity index is 2.23. The molecular formula is C16H11ClO2. The average molecular weight is 271 g/mol. The second-order valence-corrected chi connectivity index (χ2v) is 4.41. The molecule has 0 unspecified atom stereocenters. The maximum atomic E-state index is 10.6. The molecular weight excluding hydrogens is 260 g/mol. The fraction of sp³-hybridized carbons (Fsp3) is 0.0625. The quantitative estimate of drug-likeness (QED) is 0.850. The fourth-order valence-corrected chi connectivity index (χ4v) is 1.86. The zero-order valence-corrected chi connectivity index (χ0v) is 10.8. The maximum Gasteiger partial charge on any atom is 0.307 e. The van der Waals surface area contributed by atoms with Gasteiger partial charge in [0.25, 0.3) is 0 Å². The predicted octanol–water partition coefficient (Wildman–Crippen LogP) is 3.37. The Labute approximate surface area is 116 Å². The molecule has 0 aliphatic heterocycles. The lowest BCUT2D eigenvalue weighted by Crippen LogP contribution is -1.99. The number of halogens is 1. The molecule has 0 heterocycles. The number of aliphatic carboxylic acids is 1. The van der Waals surface area contributed by atoms with E-state index >= 15 is 0 Å². The molecule has 2 nitrogen and oxygen atoms in total. The van der Waals surface area contributed by atoms with Crippen LogP contribution in [0.2, 0.25) is 5.02 Å². The van der Waals surface area contributed by atoms with Crippen LogP contribution in [0.5, 0.6) is 0 Å². The van der Waals surface area contributed by atoms with E-state index in [4.69, 9.17) is 16.7 Å². The summed E-state index contributed by atoms with van der Waals surface area (Å²) in [5.41, 5.74) is 2.27. The highest BCUT2D eigenvalue weighted by Crippen LogP contribution is 2.17. The molecule has 0 radical (unpaired) electrons. The van der Waals surface area contributed by atoms with Gasteiger partial charge in [-0.2, -0.15) is 0 Å². The standard InChI is InChI=1S/C16H11ClO2/c17-15-10-13(11-16(18)19)7-9-14(15)8-6-12-4-2-1-3-5-12/h1-5,7,9-10H,11H2,(H,18,19). The number of hydrogen-bond acceptors (Lipinski definition) is 1. The van der Waals surface area contributed by atoms with Crippen molar-refractivity contribution in [2.75, 3.05) is 0 Å². The Morgan fingerprint density at radius 1 is 1.11 bits per heavy atom. The third-order valence-electron chi connectivity index (χ3n) is 2.50. The Morgan fingerprint density at radius 2 is 1.84 bits per heavy atom. The molecule has 2 aromatic carbocycles. The van der Waals surface area contributed by atoms with Crippen LogP contribution in [0, 0.1) is 11.8 Å². The third kappa shape index (κ3) is 3.87. The van der Waals surface area contributed by atoms with Crippen LogP contribution in [-0.2, 0) is 11.2 Å². The fourth-order valence-electron chi connectivity index (χ4n) is 1.61. The Kier molecular flexibility index (Phi) is 4.22. The topological polar surface area (TPSA) is 37.3 Å². The minimum Gasteiger partial charge on any atom is -0.481 e. The van der Waals surface area contributed by atoms with Gasteiger partial charge in [0.2, 0.25) is 0 Å². The molecule has 94 valence electrons. The largest absolute Gasteiger partial charge is 0.481 e. The van der Waals surface area contributed by atoms with E-state index in [1.807, 2.05) is 30.3 Å². The Hall–Kier alpha value is -2.24. The van der Waals surface area contributed by atoms with Crippen LogP contribution < -0.4 is 0 Å². The minimum atomic E-state index is -0.876. The highest BCUT2D eigenvalue weighted by molar-refractivity contribution is 6.31. The summed E-state index contributed by atoms with van der Waals surface area (Å²) in [6.07, 6.45) is -0.0356. The molecule has 0 atom stereocenters. The van der Waals surface area contributed by atoms with Crippen molar-refractivity contribution in [2.45, 2.75) is 6.42 Å². The van der Waals surface area contributed by atoms with Crippen LogP contribution in [0.1, 0.15) is 16.7 Å². The van der Waals surface area contributed by atoms with E-state index in [-0.39, 0.29) is 6.42 Å². The third-order valence-corrected chi connectivity index (χ3v) is 2.82. The van der Waals surface area contributed by atoms with Crippen molar-refractivity contribution in [1.29, 1.82) is 0 Å². The van der Waals surface area contributed by atoms with Gasteiger partial charge in [0.1, 0.15) is 0 Å². The summed E-state index contributed by atoms with van der Waals surface area (Å²) in [4.78, 5) is 10.6. The summed E-state index contributed by atoms with van der Waals surface area (Å²) in [7, 11) is 0. The average Bonchev–Trinajstić information content (AvgIpc) is 2.38. The van der Waals surface area contributed by atoms with Gasteiger partial charge in [-0.3, -0.25) is 4.79 Å². The molecule has 2 aromatic rings. The smallest absolute Gasteiger partial charge is 0.307 e. The van der Waals surface area contributed by atoms with E-state index in [0.29, 0.717) is 16.1 Å². The van der Waals surface area contributed by atoms with Crippen LogP contribution in [-0.4, -0.2) is 11.1 Å². The molecule has 1 N–H and O–H groups in total. The second-order valence-electron chi connectivity index (χ2n) is 4.00. The summed E-state index contributed by atoms with van der Waals surface area (Å²) in [5, 5.41) is 9.18. The van der Waals surface area contributed by atoms with Crippen LogP contribution >= 0.6 is 11.6 Å². The van der Waals surface area contributed by atoms with E-state index in [9.17, 15) is 4.79 Å². The first-order valence-electron chi connectivity index (χ1n) is 5.72. The van der Waals surface area contributed by atoms with Gasteiger partial charge in [0.05, 0.1) is 11.4 Å². The van der Waals surface area contributed by atoms with Gasteiger partial charge in [0, 0.05) is 11.1 Å². The van der Waals surface area contributed by atoms with E-state index in [2.05, 4.69) is 11.8 Å². The molecule has 0 spiro atoms. The van der Waals surface area contributed by atoms with Crippen molar-refractivity contribution in [3.8, 4) is 11.8 Å². The molecule has 0 aliphatic rings. The lowest BCUT2D eigenvalue weighted by Gasteiger charge is -2.00. The highest BCUT2D eigenvalue weighted by Gasteiger charge is 2.03. The van der Waals surface area contributed by atoms with Gasteiger partial charge >= 0.3 is 5.97 Å². The molecule has 0 bridgehead atoms. The van der Waals surface area contributed by atoms with Crippen LogP contribution in [0.3, 0.4) is 0 Å². The monoisotopic (exact) mass is 270 g/mol. The lowest BCUT2D eigenvalue weighted by atomic mass is 10.1. The van der Waals surface area contributed by atoms with Crippen LogP contribution in [0.4, 0.5) is 0 Å². The molecule has 19 heavy (non-hydrogen) atoms. The van der Waals surface area contributed by atoms with Crippen molar-refractivity contribution < 1.29 is 9.90 Å². The van der Waals surface area contributed by atoms with Crippen molar-refractivity contribution in [2.24, 2.45) is 0 Å². The van der Waals surface area contributed by atoms with Gasteiger partial charge < -0.3 is 5.11 Å². The van der Waals surface area contributed by atoms with E-state index < -0.39 is 5.97 Å². The SMILES string of the molecule is O=C(O)Cc1ccc(C#Cc2ccccc2)c(Cl)c1. The van der Waals surface area contributed by atoms with Crippen LogP contribution in [0.15, 0.2) is 48.5 Å². The maximum absolute atomic E-state index is 10.6. The van der Waals surface area contributed by atoms with Crippen molar-refractivity contribution in [1.82, 2.24) is 0 Å². The summed E-state index contributed by atoms with van der Waals surface area (Å²) >= 11 is 6.08. The number of carboxylic acids is 1. The lowest BCUT2D eigenvalue weighted by molar-refractivity contribution is -0.136. The summed E-state index contributed by atoms with van der Waals surface area (Å²) in [5.74, 6) is 5.12. The Bertz CT molecular complexity index is 651. The van der Waals surface area contributed by atoms with Crippen molar-refractivity contribution >= 4 is 17.6 Å². The van der Waals surface area contributed by atoms with Gasteiger partial charge in [-0.05, 0) is 29.8 Å². The van der Waals surface area contributed by atoms with Crippen LogP contribution in [0.25, 0.3) is 0 Å². The van der Waals surface area contributed by atoms with Gasteiger partial charge in [0.15, 0.2) is 0 Å². The summed E-state index contributed by atoms with van der Waals surface area (Å²) < 4.78 is 0. The summed E-state index contributed by atoms with van der Waals surface area (Å²) in [6, 6.07) is 14.7. The van der Waals surface area contributed by atoms with E-state index in [0.717, 1.165) is 5.56 Å². The van der Waals surface area contributed by atoms with E-state index in [1.165, 1.54) is 0 Å². The molecule has 0 saturated heterocycles. The molecule has 2 rings (SSSR count).